The van der Waals surface area contributed by atoms with Gasteiger partial charge < -0.3 is 0 Å². The Bertz CT molecular complexity index is 212. The Morgan fingerprint density at radius 1 is 1.44 bits per heavy atom. The molecule has 0 aromatic heterocycles. The van der Waals surface area contributed by atoms with Crippen molar-refractivity contribution < 1.29 is 0 Å². The summed E-state index contributed by atoms with van der Waals surface area (Å²) in [5.41, 5.74) is 0. The lowest BCUT2D eigenvalue weighted by Gasteiger charge is -1.83. The van der Waals surface area contributed by atoms with Crippen molar-refractivity contribution in [3.63, 3.8) is 0 Å². The Morgan fingerprint density at radius 2 is 2.11 bits per heavy atom. The number of hydrogen-bond acceptors (Lipinski definition) is 2. The molecule has 2 nitrogen and oxygen atoms in total. The van der Waals surface area contributed by atoms with Crippen LogP contribution in [-0.2, 0) is 0 Å². The van der Waals surface area contributed by atoms with Crippen LogP contribution in [0, 0.1) is 0 Å². The highest BCUT2D eigenvalue weighted by Gasteiger charge is 2.05. The summed E-state index contributed by atoms with van der Waals surface area (Å²) in [7, 11) is 0. The summed E-state index contributed by atoms with van der Waals surface area (Å²) in [5, 5.41) is 0.295. The molecule has 1 aliphatic rings. The van der Waals surface area contributed by atoms with E-state index in [2.05, 4.69) is 9.98 Å². The summed E-state index contributed by atoms with van der Waals surface area (Å²) in [6.07, 6.45) is 1.38. The molecule has 0 N–H and O–H groups in total. The molecular formula is C4HCl3N2. The molecule has 0 aromatic carbocycles. The molecule has 0 atom stereocenters. The van der Waals surface area contributed by atoms with Crippen molar-refractivity contribution in [2.24, 2.45) is 9.98 Å². The van der Waals surface area contributed by atoms with E-state index in [1.54, 1.807) is 0 Å². The van der Waals surface area contributed by atoms with Crippen molar-refractivity contribution in [2.75, 3.05) is 0 Å². The Labute approximate surface area is 66.8 Å². The summed E-state index contributed by atoms with van der Waals surface area (Å²) in [4.78, 5) is 7.33. The van der Waals surface area contributed by atoms with E-state index in [0.29, 0.717) is 5.17 Å². The lowest BCUT2D eigenvalue weighted by Crippen LogP contribution is -1.77. The highest BCUT2D eigenvalue weighted by molar-refractivity contribution is 6.80. The Hall–Kier alpha value is -0.0500. The van der Waals surface area contributed by atoms with Crippen LogP contribution in [0.3, 0.4) is 0 Å². The van der Waals surface area contributed by atoms with Crippen molar-refractivity contribution in [3.8, 4) is 0 Å². The maximum atomic E-state index is 5.40. The van der Waals surface area contributed by atoms with E-state index in [4.69, 9.17) is 34.8 Å². The van der Waals surface area contributed by atoms with Gasteiger partial charge in [0, 0.05) is 0 Å². The Kier molecular flexibility index (Phi) is 2.11. The van der Waals surface area contributed by atoms with Gasteiger partial charge in [0.2, 0.25) is 0 Å². The molecule has 5 heteroatoms. The van der Waals surface area contributed by atoms with E-state index in [0.717, 1.165) is 0 Å². The second-order valence-corrected chi connectivity index (χ2v) is 2.61. The molecule has 0 saturated carbocycles. The summed E-state index contributed by atoms with van der Waals surface area (Å²) in [5.74, 6) is 0.267. The molecule has 0 fully saturated rings. The fourth-order valence-electron chi connectivity index (χ4n) is 0.364. The zero-order chi connectivity index (χ0) is 6.85. The van der Waals surface area contributed by atoms with Crippen LogP contribution in [0.4, 0.5) is 0 Å². The van der Waals surface area contributed by atoms with Gasteiger partial charge in [-0.2, -0.15) is 0 Å². The van der Waals surface area contributed by atoms with Crippen LogP contribution in [0.25, 0.3) is 0 Å². The van der Waals surface area contributed by atoms with Crippen LogP contribution in [0.15, 0.2) is 20.3 Å². The largest absolute Gasteiger partial charge is 0.232 e. The van der Waals surface area contributed by atoms with Crippen molar-refractivity contribution >= 4 is 46.2 Å². The summed E-state index contributed by atoms with van der Waals surface area (Å²) >= 11 is 16.0. The van der Waals surface area contributed by atoms with Gasteiger partial charge in [-0.25, -0.2) is 9.98 Å². The number of halogens is 3. The highest BCUT2D eigenvalue weighted by Crippen LogP contribution is 2.19. The molecular weight excluding hydrogens is 182 g/mol. The minimum absolute atomic E-state index is 0.0295. The van der Waals surface area contributed by atoms with Gasteiger partial charge in [0.1, 0.15) is 5.17 Å². The summed E-state index contributed by atoms with van der Waals surface area (Å²) < 4.78 is 0.0295. The monoisotopic (exact) mass is 182 g/mol. The van der Waals surface area contributed by atoms with Gasteiger partial charge in [0.15, 0.2) is 10.3 Å². The van der Waals surface area contributed by atoms with Crippen LogP contribution < -0.4 is 0 Å². The lowest BCUT2D eigenvalue weighted by atomic mass is 10.8. The summed E-state index contributed by atoms with van der Waals surface area (Å²) in [6, 6.07) is 0. The van der Waals surface area contributed by atoms with E-state index < -0.39 is 0 Å². The molecule has 0 radical (unpaired) electrons. The lowest BCUT2D eigenvalue weighted by molar-refractivity contribution is 1.29. The third kappa shape index (κ3) is 1.68. The average molecular weight is 183 g/mol. The van der Waals surface area contributed by atoms with E-state index in [1.165, 1.54) is 6.21 Å². The first-order valence-corrected chi connectivity index (χ1v) is 3.17. The molecule has 1 heterocycles. The zero-order valence-electron chi connectivity index (χ0n) is 4.11. The topological polar surface area (TPSA) is 24.7 Å². The van der Waals surface area contributed by atoms with E-state index in [-0.39, 0.29) is 10.3 Å². The molecule has 0 spiro atoms. The van der Waals surface area contributed by atoms with Crippen molar-refractivity contribution in [2.45, 2.75) is 0 Å². The van der Waals surface area contributed by atoms with Crippen molar-refractivity contribution in [3.05, 3.63) is 10.3 Å². The van der Waals surface area contributed by atoms with Gasteiger partial charge in [-0.05, 0) is 0 Å². The normalized spacial score (nSPS) is 16.3. The molecule has 1 aliphatic heterocycles. The average Bonchev–Trinajstić information content (AvgIpc) is 2.14. The van der Waals surface area contributed by atoms with Crippen LogP contribution in [0.1, 0.15) is 0 Å². The molecule has 0 unspecified atom stereocenters. The number of aliphatic imine (C=N–C) groups is 2. The second kappa shape index (κ2) is 2.69. The standard InChI is InChI=1S/C4HCl3N2/c5-2-1-8-4(9-2)3(6)7/h1H. The number of rotatable bonds is 0. The molecule has 0 amide bonds. The maximum Gasteiger partial charge on any atom is 0.184 e. The van der Waals surface area contributed by atoms with Crippen molar-refractivity contribution in [1.29, 1.82) is 0 Å². The van der Waals surface area contributed by atoms with Gasteiger partial charge in [-0.1, -0.05) is 34.8 Å². The van der Waals surface area contributed by atoms with E-state index in [9.17, 15) is 0 Å². The highest BCUT2D eigenvalue weighted by atomic mass is 35.5. The fraction of sp³-hybridized carbons (Fsp3) is 0. The van der Waals surface area contributed by atoms with Crippen molar-refractivity contribution in [1.82, 2.24) is 0 Å². The van der Waals surface area contributed by atoms with Gasteiger partial charge in [-0.3, -0.25) is 0 Å². The molecule has 0 bridgehead atoms. The first-order valence-electron chi connectivity index (χ1n) is 2.03. The molecule has 0 aliphatic carbocycles. The third-order valence-corrected chi connectivity index (χ3v) is 1.20. The molecule has 48 valence electrons. The fourth-order valence-corrected chi connectivity index (χ4v) is 0.675. The van der Waals surface area contributed by atoms with Gasteiger partial charge in [0.25, 0.3) is 0 Å². The minimum Gasteiger partial charge on any atom is -0.232 e. The quantitative estimate of drug-likeness (QED) is 0.551. The van der Waals surface area contributed by atoms with Gasteiger partial charge in [-0.15, -0.1) is 0 Å². The van der Waals surface area contributed by atoms with Crippen LogP contribution in [0.5, 0.6) is 0 Å². The molecule has 0 saturated heterocycles. The molecule has 9 heavy (non-hydrogen) atoms. The molecule has 0 aromatic rings. The minimum atomic E-state index is 0.0295. The SMILES string of the molecule is ClC1=NC(=C(Cl)Cl)N=C1. The first kappa shape index (κ1) is 7.06. The van der Waals surface area contributed by atoms with Crippen LogP contribution >= 0.6 is 34.8 Å². The Morgan fingerprint density at radius 3 is 2.33 bits per heavy atom. The number of hydrogen-bond donors (Lipinski definition) is 0. The van der Waals surface area contributed by atoms with E-state index >= 15 is 0 Å². The predicted molar refractivity (Wildman–Crippen MR) is 40.5 cm³/mol. The number of nitrogens with zero attached hydrogens (tertiary/aromatic N) is 2. The molecule has 1 rings (SSSR count). The smallest absolute Gasteiger partial charge is 0.184 e. The predicted octanol–water partition coefficient (Wildman–Crippen LogP) is 2.31. The van der Waals surface area contributed by atoms with Gasteiger partial charge in [0.05, 0.1) is 6.21 Å². The van der Waals surface area contributed by atoms with Crippen LogP contribution in [-0.4, -0.2) is 11.4 Å². The maximum absolute atomic E-state index is 5.40. The third-order valence-electron chi connectivity index (χ3n) is 0.675. The van der Waals surface area contributed by atoms with Crippen LogP contribution in [0.2, 0.25) is 0 Å². The Balaban J connectivity index is 2.95. The zero-order valence-corrected chi connectivity index (χ0v) is 6.37. The summed E-state index contributed by atoms with van der Waals surface area (Å²) in [6.45, 7) is 0. The van der Waals surface area contributed by atoms with Gasteiger partial charge >= 0.3 is 0 Å². The second-order valence-electron chi connectivity index (χ2n) is 1.28. The first-order chi connectivity index (χ1) is 4.20. The van der Waals surface area contributed by atoms with E-state index in [1.807, 2.05) is 0 Å².